The number of nitrogens with zero attached hydrogens (tertiary/aromatic N) is 7. The molecular formula is C24H18N8. The summed E-state index contributed by atoms with van der Waals surface area (Å²) in [4.78, 5) is 13.8. The number of imidazole rings is 1. The molecule has 0 bridgehead atoms. The molecule has 0 amide bonds. The van der Waals surface area contributed by atoms with Crippen molar-refractivity contribution in [3.63, 3.8) is 0 Å². The van der Waals surface area contributed by atoms with Crippen molar-refractivity contribution in [1.82, 2.24) is 24.1 Å². The molecule has 2 aromatic carbocycles. The first-order valence-corrected chi connectivity index (χ1v) is 10.1. The fourth-order valence-corrected chi connectivity index (χ4v) is 4.09. The maximum atomic E-state index is 9.55. The van der Waals surface area contributed by atoms with E-state index in [-0.39, 0.29) is 11.4 Å². The zero-order valence-corrected chi connectivity index (χ0v) is 17.5. The van der Waals surface area contributed by atoms with Crippen LogP contribution >= 0.6 is 0 Å². The van der Waals surface area contributed by atoms with Gasteiger partial charge in [-0.05, 0) is 43.7 Å². The lowest BCUT2D eigenvalue weighted by Crippen LogP contribution is -2.04. The molecule has 0 unspecified atom stereocenters. The topological polar surface area (TPSA) is 122 Å². The Hall–Kier alpha value is -4.69. The first kappa shape index (κ1) is 19.3. The Labute approximate surface area is 183 Å². The normalized spacial score (nSPS) is 11.0. The second kappa shape index (κ2) is 7.22. The number of aryl methyl sites for hydroxylation is 2. The van der Waals surface area contributed by atoms with E-state index in [1.165, 1.54) is 0 Å². The zero-order valence-electron chi connectivity index (χ0n) is 17.5. The predicted molar refractivity (Wildman–Crippen MR) is 122 cm³/mol. The van der Waals surface area contributed by atoms with Gasteiger partial charge in [-0.3, -0.25) is 4.57 Å². The number of benzene rings is 2. The van der Waals surface area contributed by atoms with Crippen molar-refractivity contribution in [2.75, 3.05) is 5.73 Å². The lowest BCUT2D eigenvalue weighted by atomic mass is 10.2. The highest BCUT2D eigenvalue weighted by atomic mass is 15.2. The third-order valence-corrected chi connectivity index (χ3v) is 5.49. The minimum absolute atomic E-state index is 0.0399. The average Bonchev–Trinajstić information content (AvgIpc) is 3.31. The quantitative estimate of drug-likeness (QED) is 0.471. The van der Waals surface area contributed by atoms with Crippen LogP contribution in [0.1, 0.15) is 23.9 Å². The predicted octanol–water partition coefficient (Wildman–Crippen LogP) is 4.09. The van der Waals surface area contributed by atoms with E-state index < -0.39 is 0 Å². The summed E-state index contributed by atoms with van der Waals surface area (Å²) in [6, 6.07) is 19.6. The fourth-order valence-electron chi connectivity index (χ4n) is 4.09. The molecule has 154 valence electrons. The Bertz CT molecular complexity index is 1610. The summed E-state index contributed by atoms with van der Waals surface area (Å²) in [5.41, 5.74) is 11.7. The number of nitriles is 2. The van der Waals surface area contributed by atoms with E-state index in [1.54, 1.807) is 4.57 Å². The Kier molecular flexibility index (Phi) is 4.35. The minimum Gasteiger partial charge on any atom is -0.384 e. The Balaban J connectivity index is 1.96. The standard InChI is InChI=1S/C24H18N8/c1-3-31-19-10-5-4-9-16(19)29-23(31)20-21-24(30-18(13-26)17(12-25)28-21)32(22(20)27)15-8-6-7-14(2)11-15/h4-11H,3,27H2,1-2H3. The molecule has 3 heterocycles. The maximum absolute atomic E-state index is 9.55. The highest BCUT2D eigenvalue weighted by Crippen LogP contribution is 2.38. The first-order chi connectivity index (χ1) is 15.6. The number of rotatable bonds is 3. The number of nitrogens with two attached hydrogens (primary N) is 1. The molecule has 0 spiro atoms. The minimum atomic E-state index is -0.0400. The third-order valence-electron chi connectivity index (χ3n) is 5.49. The Morgan fingerprint density at radius 2 is 1.72 bits per heavy atom. The summed E-state index contributed by atoms with van der Waals surface area (Å²) >= 11 is 0. The number of hydrogen-bond acceptors (Lipinski definition) is 6. The number of nitrogen functional groups attached to an aromatic ring is 1. The van der Waals surface area contributed by atoms with Crippen LogP contribution in [0.2, 0.25) is 0 Å². The van der Waals surface area contributed by atoms with Gasteiger partial charge in [-0.15, -0.1) is 0 Å². The van der Waals surface area contributed by atoms with Crippen molar-refractivity contribution in [2.45, 2.75) is 20.4 Å². The highest BCUT2D eigenvalue weighted by molar-refractivity contribution is 6.00. The average molecular weight is 418 g/mol. The van der Waals surface area contributed by atoms with Crippen molar-refractivity contribution in [3.05, 3.63) is 65.5 Å². The van der Waals surface area contributed by atoms with Crippen LogP contribution in [0.15, 0.2) is 48.5 Å². The monoisotopic (exact) mass is 418 g/mol. The van der Waals surface area contributed by atoms with Gasteiger partial charge in [-0.25, -0.2) is 15.0 Å². The molecule has 8 heteroatoms. The smallest absolute Gasteiger partial charge is 0.179 e. The second-order valence-corrected chi connectivity index (χ2v) is 7.42. The summed E-state index contributed by atoms with van der Waals surface area (Å²) in [5.74, 6) is 1.04. The first-order valence-electron chi connectivity index (χ1n) is 10.1. The molecule has 0 aliphatic rings. The summed E-state index contributed by atoms with van der Waals surface area (Å²) < 4.78 is 3.83. The van der Waals surface area contributed by atoms with Crippen LogP contribution in [0.4, 0.5) is 5.82 Å². The molecule has 0 atom stereocenters. The van der Waals surface area contributed by atoms with E-state index in [0.717, 1.165) is 22.3 Å². The van der Waals surface area contributed by atoms with Crippen molar-refractivity contribution < 1.29 is 0 Å². The molecule has 0 aliphatic carbocycles. The summed E-state index contributed by atoms with van der Waals surface area (Å²) in [6.45, 7) is 4.69. The van der Waals surface area contributed by atoms with Gasteiger partial charge in [0.05, 0.1) is 16.6 Å². The molecule has 0 fully saturated rings. The Morgan fingerprint density at radius 1 is 0.969 bits per heavy atom. The molecule has 32 heavy (non-hydrogen) atoms. The van der Waals surface area contributed by atoms with Crippen molar-refractivity contribution >= 4 is 28.0 Å². The number of para-hydroxylation sites is 2. The Morgan fingerprint density at radius 3 is 2.44 bits per heavy atom. The van der Waals surface area contributed by atoms with Crippen LogP contribution in [0.25, 0.3) is 39.3 Å². The largest absolute Gasteiger partial charge is 0.384 e. The van der Waals surface area contributed by atoms with Crippen LogP contribution < -0.4 is 5.73 Å². The molecule has 0 saturated heterocycles. The number of aromatic nitrogens is 5. The highest BCUT2D eigenvalue weighted by Gasteiger charge is 2.26. The van der Waals surface area contributed by atoms with Crippen LogP contribution in [0.5, 0.6) is 0 Å². The van der Waals surface area contributed by atoms with Crippen LogP contribution in [0, 0.1) is 29.6 Å². The number of anilines is 1. The van der Waals surface area contributed by atoms with E-state index in [4.69, 9.17) is 10.7 Å². The van der Waals surface area contributed by atoms with Gasteiger partial charge < -0.3 is 10.3 Å². The summed E-state index contributed by atoms with van der Waals surface area (Å²) in [6.07, 6.45) is 0. The van der Waals surface area contributed by atoms with E-state index in [2.05, 4.69) is 14.5 Å². The number of hydrogen-bond donors (Lipinski definition) is 1. The molecule has 0 saturated carbocycles. The van der Waals surface area contributed by atoms with E-state index >= 15 is 0 Å². The SMILES string of the molecule is CCn1c(-c2c(N)n(-c3cccc(C)c3)c3nc(C#N)c(C#N)nc23)nc2ccccc21. The van der Waals surface area contributed by atoms with E-state index in [1.807, 2.05) is 74.5 Å². The molecule has 8 nitrogen and oxygen atoms in total. The van der Waals surface area contributed by atoms with Gasteiger partial charge in [0.1, 0.15) is 29.3 Å². The molecule has 5 rings (SSSR count). The fraction of sp³-hybridized carbons (Fsp3) is 0.125. The molecule has 0 radical (unpaired) electrons. The molecule has 5 aromatic rings. The van der Waals surface area contributed by atoms with Gasteiger partial charge in [-0.1, -0.05) is 24.3 Å². The van der Waals surface area contributed by atoms with E-state index in [0.29, 0.717) is 34.9 Å². The molecule has 2 N–H and O–H groups in total. The zero-order chi connectivity index (χ0) is 22.4. The summed E-state index contributed by atoms with van der Waals surface area (Å²) in [7, 11) is 0. The van der Waals surface area contributed by atoms with Gasteiger partial charge in [-0.2, -0.15) is 10.5 Å². The van der Waals surface area contributed by atoms with Gasteiger partial charge in [0, 0.05) is 12.2 Å². The third kappa shape index (κ3) is 2.71. The molecule has 0 aliphatic heterocycles. The lowest BCUT2D eigenvalue weighted by Gasteiger charge is -2.09. The second-order valence-electron chi connectivity index (χ2n) is 7.42. The van der Waals surface area contributed by atoms with E-state index in [9.17, 15) is 10.5 Å². The number of fused-ring (bicyclic) bond motifs is 2. The van der Waals surface area contributed by atoms with Gasteiger partial charge in [0.2, 0.25) is 0 Å². The van der Waals surface area contributed by atoms with Crippen molar-refractivity contribution in [3.8, 4) is 29.2 Å². The van der Waals surface area contributed by atoms with Gasteiger partial charge in [0.25, 0.3) is 0 Å². The molecular weight excluding hydrogens is 400 g/mol. The van der Waals surface area contributed by atoms with Crippen LogP contribution in [-0.2, 0) is 6.54 Å². The summed E-state index contributed by atoms with van der Waals surface area (Å²) in [5, 5.41) is 19.1. The lowest BCUT2D eigenvalue weighted by molar-refractivity contribution is 0.797. The van der Waals surface area contributed by atoms with Gasteiger partial charge >= 0.3 is 0 Å². The van der Waals surface area contributed by atoms with Gasteiger partial charge in [0.15, 0.2) is 17.0 Å². The van der Waals surface area contributed by atoms with Crippen molar-refractivity contribution in [2.24, 2.45) is 0 Å². The van der Waals surface area contributed by atoms with Crippen LogP contribution in [0.3, 0.4) is 0 Å². The molecule has 3 aromatic heterocycles. The van der Waals surface area contributed by atoms with Crippen molar-refractivity contribution in [1.29, 1.82) is 10.5 Å². The van der Waals surface area contributed by atoms with Crippen LogP contribution in [-0.4, -0.2) is 24.1 Å². The maximum Gasteiger partial charge on any atom is 0.179 e.